The van der Waals surface area contributed by atoms with Crippen LogP contribution in [0.15, 0.2) is 60.7 Å². The highest BCUT2D eigenvalue weighted by Crippen LogP contribution is 2.14. The summed E-state index contributed by atoms with van der Waals surface area (Å²) in [6.07, 6.45) is 0. The van der Waals surface area contributed by atoms with E-state index in [1.807, 2.05) is 12.1 Å². The molecule has 0 aliphatic rings. The summed E-state index contributed by atoms with van der Waals surface area (Å²) < 4.78 is 23.2. The molecule has 0 bridgehead atoms. The summed E-state index contributed by atoms with van der Waals surface area (Å²) in [6, 6.07) is 17.4. The molecular weight excluding hydrogens is 206 g/mol. The standard InChI is InChI=1S/C12H10BFO2/c14-13(15-11-7-3-1-4-8-11)16-12-9-5-2-6-10-12/h1-10H. The van der Waals surface area contributed by atoms with Gasteiger partial charge in [0.25, 0.3) is 0 Å². The average Bonchev–Trinajstić information content (AvgIpc) is 2.31. The summed E-state index contributed by atoms with van der Waals surface area (Å²) in [7, 11) is -1.80. The minimum absolute atomic E-state index is 0.436. The molecule has 2 aromatic rings. The minimum Gasteiger partial charge on any atom is -0.498 e. The third-order valence-corrected chi connectivity index (χ3v) is 1.94. The predicted molar refractivity (Wildman–Crippen MR) is 61.0 cm³/mol. The van der Waals surface area contributed by atoms with E-state index in [4.69, 9.17) is 9.31 Å². The Bertz CT molecular complexity index is 380. The number of benzene rings is 2. The van der Waals surface area contributed by atoms with Crippen LogP contribution in [0.25, 0.3) is 0 Å². The Kier molecular flexibility index (Phi) is 3.44. The lowest BCUT2D eigenvalue weighted by atomic mass is 10.2. The van der Waals surface area contributed by atoms with Crippen molar-refractivity contribution in [2.75, 3.05) is 0 Å². The Balaban J connectivity index is 1.92. The molecule has 0 aliphatic heterocycles. The fourth-order valence-electron chi connectivity index (χ4n) is 1.24. The maximum atomic E-state index is 13.3. The van der Waals surface area contributed by atoms with Crippen molar-refractivity contribution in [1.82, 2.24) is 0 Å². The molecule has 2 rings (SSSR count). The highest BCUT2D eigenvalue weighted by Gasteiger charge is 2.23. The molecule has 0 radical (unpaired) electrons. The molecule has 0 saturated carbocycles. The Morgan fingerprint density at radius 3 is 1.44 bits per heavy atom. The Morgan fingerprint density at radius 1 is 0.688 bits per heavy atom. The molecule has 2 aromatic carbocycles. The van der Waals surface area contributed by atoms with E-state index < -0.39 is 7.40 Å². The monoisotopic (exact) mass is 216 g/mol. The zero-order chi connectivity index (χ0) is 11.2. The van der Waals surface area contributed by atoms with Crippen LogP contribution in [0.4, 0.5) is 4.32 Å². The average molecular weight is 216 g/mol. The molecule has 0 heterocycles. The molecule has 0 aliphatic carbocycles. The van der Waals surface area contributed by atoms with Gasteiger partial charge >= 0.3 is 7.40 Å². The molecule has 2 nitrogen and oxygen atoms in total. The molecule has 4 heteroatoms. The molecule has 80 valence electrons. The van der Waals surface area contributed by atoms with Crippen LogP contribution < -0.4 is 9.31 Å². The molecule has 0 atom stereocenters. The first-order valence-electron chi connectivity index (χ1n) is 4.92. The first-order valence-corrected chi connectivity index (χ1v) is 4.92. The van der Waals surface area contributed by atoms with Crippen molar-refractivity contribution in [3.05, 3.63) is 60.7 Å². The minimum atomic E-state index is -1.80. The van der Waals surface area contributed by atoms with Crippen LogP contribution in [-0.2, 0) is 0 Å². The lowest BCUT2D eigenvalue weighted by Gasteiger charge is -2.08. The van der Waals surface area contributed by atoms with E-state index in [0.29, 0.717) is 11.5 Å². The van der Waals surface area contributed by atoms with Gasteiger partial charge in [0.15, 0.2) is 0 Å². The zero-order valence-electron chi connectivity index (χ0n) is 8.55. The third-order valence-electron chi connectivity index (χ3n) is 1.94. The smallest absolute Gasteiger partial charge is 0.498 e. The van der Waals surface area contributed by atoms with Crippen molar-refractivity contribution in [2.24, 2.45) is 0 Å². The van der Waals surface area contributed by atoms with Gasteiger partial charge in [-0.2, -0.15) is 0 Å². The van der Waals surface area contributed by atoms with Crippen molar-refractivity contribution in [3.8, 4) is 11.5 Å². The molecule has 0 N–H and O–H groups in total. The summed E-state index contributed by atoms with van der Waals surface area (Å²) in [5, 5.41) is 0. The molecule has 0 spiro atoms. The van der Waals surface area contributed by atoms with Crippen molar-refractivity contribution < 1.29 is 13.6 Å². The predicted octanol–water partition coefficient (Wildman–Crippen LogP) is 3.10. The number of rotatable bonds is 4. The number of halogens is 1. The van der Waals surface area contributed by atoms with Crippen molar-refractivity contribution in [3.63, 3.8) is 0 Å². The molecule has 0 unspecified atom stereocenters. The normalized spacial score (nSPS) is 9.56. The largest absolute Gasteiger partial charge is 0.830 e. The van der Waals surface area contributed by atoms with Gasteiger partial charge in [-0.15, -0.1) is 0 Å². The van der Waals surface area contributed by atoms with Gasteiger partial charge in [-0.3, -0.25) is 0 Å². The van der Waals surface area contributed by atoms with Crippen LogP contribution in [0, 0.1) is 0 Å². The summed E-state index contributed by atoms with van der Waals surface area (Å²) in [4.78, 5) is 0. The van der Waals surface area contributed by atoms with E-state index >= 15 is 0 Å². The van der Waals surface area contributed by atoms with Crippen LogP contribution >= 0.6 is 0 Å². The summed E-state index contributed by atoms with van der Waals surface area (Å²) in [5.74, 6) is 0.872. The lowest BCUT2D eigenvalue weighted by molar-refractivity contribution is 0.359. The Hall–Kier alpha value is -1.97. The van der Waals surface area contributed by atoms with Gasteiger partial charge in [0.2, 0.25) is 0 Å². The quantitative estimate of drug-likeness (QED) is 0.731. The summed E-state index contributed by atoms with van der Waals surface area (Å²) >= 11 is 0. The first-order chi connectivity index (χ1) is 7.84. The Labute approximate surface area is 93.8 Å². The maximum absolute atomic E-state index is 13.3. The zero-order valence-corrected chi connectivity index (χ0v) is 8.55. The molecule has 0 fully saturated rings. The SMILES string of the molecule is FB(Oc1ccccc1)Oc1ccccc1. The highest BCUT2D eigenvalue weighted by atomic mass is 19.1. The van der Waals surface area contributed by atoms with Gasteiger partial charge in [0, 0.05) is 0 Å². The molecule has 0 amide bonds. The topological polar surface area (TPSA) is 18.5 Å². The van der Waals surface area contributed by atoms with Crippen LogP contribution in [0.2, 0.25) is 0 Å². The second kappa shape index (κ2) is 5.21. The van der Waals surface area contributed by atoms with Crippen LogP contribution in [0.1, 0.15) is 0 Å². The van der Waals surface area contributed by atoms with Crippen LogP contribution in [-0.4, -0.2) is 7.40 Å². The number of para-hydroxylation sites is 2. The van der Waals surface area contributed by atoms with Gasteiger partial charge < -0.3 is 9.31 Å². The van der Waals surface area contributed by atoms with E-state index in [-0.39, 0.29) is 0 Å². The third kappa shape index (κ3) is 3.02. The summed E-state index contributed by atoms with van der Waals surface area (Å²) in [5.41, 5.74) is 0. The fourth-order valence-corrected chi connectivity index (χ4v) is 1.24. The second-order valence-electron chi connectivity index (χ2n) is 3.14. The van der Waals surface area contributed by atoms with E-state index in [1.165, 1.54) is 0 Å². The molecule has 0 aromatic heterocycles. The van der Waals surface area contributed by atoms with E-state index in [1.54, 1.807) is 48.5 Å². The Morgan fingerprint density at radius 2 is 1.06 bits per heavy atom. The molecular formula is C12H10BFO2. The van der Waals surface area contributed by atoms with Gasteiger partial charge in [0.1, 0.15) is 11.5 Å². The molecule has 16 heavy (non-hydrogen) atoms. The lowest BCUT2D eigenvalue weighted by Crippen LogP contribution is -2.24. The van der Waals surface area contributed by atoms with Crippen LogP contribution in [0.3, 0.4) is 0 Å². The number of hydrogen-bond acceptors (Lipinski definition) is 2. The fraction of sp³-hybridized carbons (Fsp3) is 0. The van der Waals surface area contributed by atoms with E-state index in [2.05, 4.69) is 0 Å². The van der Waals surface area contributed by atoms with Crippen molar-refractivity contribution in [1.29, 1.82) is 0 Å². The van der Waals surface area contributed by atoms with Crippen molar-refractivity contribution in [2.45, 2.75) is 0 Å². The van der Waals surface area contributed by atoms with Gasteiger partial charge in [0.05, 0.1) is 0 Å². The number of hydrogen-bond donors (Lipinski definition) is 0. The van der Waals surface area contributed by atoms with Gasteiger partial charge in [-0.05, 0) is 24.3 Å². The van der Waals surface area contributed by atoms with Gasteiger partial charge in [-0.1, -0.05) is 36.4 Å². The van der Waals surface area contributed by atoms with Gasteiger partial charge in [-0.25, -0.2) is 4.32 Å². The maximum Gasteiger partial charge on any atom is 0.830 e. The summed E-state index contributed by atoms with van der Waals surface area (Å²) in [6.45, 7) is 0. The molecule has 0 saturated heterocycles. The van der Waals surface area contributed by atoms with E-state index in [9.17, 15) is 4.32 Å². The van der Waals surface area contributed by atoms with E-state index in [0.717, 1.165) is 0 Å². The second-order valence-corrected chi connectivity index (χ2v) is 3.14. The van der Waals surface area contributed by atoms with Crippen molar-refractivity contribution >= 4 is 7.40 Å². The van der Waals surface area contributed by atoms with Crippen LogP contribution in [0.5, 0.6) is 11.5 Å². The first kappa shape index (κ1) is 10.5. The highest BCUT2D eigenvalue weighted by molar-refractivity contribution is 6.37.